The molecule has 0 N–H and O–H groups in total. The second-order valence-corrected chi connectivity index (χ2v) is 37.2. The quantitative estimate of drug-likeness (QED) is 0.191. The summed E-state index contributed by atoms with van der Waals surface area (Å²) in [5.41, 5.74) is 0.771. The smallest absolute Gasteiger partial charge is 0.247 e. The van der Waals surface area contributed by atoms with Crippen LogP contribution in [0, 0.1) is 163 Å². The molecule has 13 aliphatic carbocycles. The Bertz CT molecular complexity index is 1690. The third kappa shape index (κ3) is 25.4. The van der Waals surface area contributed by atoms with E-state index in [1.54, 1.807) is 45.4 Å². The van der Waals surface area contributed by atoms with Crippen molar-refractivity contribution < 1.29 is 22.0 Å². The van der Waals surface area contributed by atoms with Gasteiger partial charge in [0, 0.05) is 11.8 Å². The van der Waals surface area contributed by atoms with Crippen molar-refractivity contribution in [3.8, 4) is 0 Å². The Balaban J connectivity index is 0.000000243. The Kier molecular flexibility index (Phi) is 28.6. The second kappa shape index (κ2) is 30.8. The van der Waals surface area contributed by atoms with Gasteiger partial charge in [0.2, 0.25) is 0 Å². The van der Waals surface area contributed by atoms with E-state index in [9.17, 15) is 22.0 Å². The summed E-state index contributed by atoms with van der Waals surface area (Å²) in [5, 5.41) is 0. The summed E-state index contributed by atoms with van der Waals surface area (Å²) in [5.74, 6) is 18.1. The van der Waals surface area contributed by atoms with Crippen LogP contribution in [0.25, 0.3) is 0 Å². The minimum Gasteiger partial charge on any atom is -0.247 e. The predicted molar refractivity (Wildman–Crippen MR) is 360 cm³/mol. The predicted octanol–water partition coefficient (Wildman–Crippen LogP) is 26.4. The average Bonchev–Trinajstić information content (AvgIpc) is 2.03. The fraction of sp³-hybridized carbons (Fsp3) is 1.00. The molecule has 13 saturated carbocycles. The molecular weight excluding hydrogens is 1040 g/mol. The molecule has 13 aliphatic rings. The molecule has 5 heteroatoms. The van der Waals surface area contributed by atoms with Crippen LogP contribution in [0.2, 0.25) is 0 Å². The zero-order chi connectivity index (χ0) is 65.0. The van der Waals surface area contributed by atoms with E-state index in [2.05, 4.69) is 166 Å². The van der Waals surface area contributed by atoms with Crippen LogP contribution in [-0.4, -0.2) is 23.9 Å². The Labute approximate surface area is 523 Å². The van der Waals surface area contributed by atoms with Gasteiger partial charge in [0.15, 0.2) is 0 Å². The summed E-state index contributed by atoms with van der Waals surface area (Å²) >= 11 is 0. The van der Waals surface area contributed by atoms with Crippen molar-refractivity contribution in [3.05, 3.63) is 0 Å². The molecule has 4 unspecified atom stereocenters. The molecule has 0 bridgehead atoms. The van der Waals surface area contributed by atoms with Crippen molar-refractivity contribution in [3.63, 3.8) is 0 Å². The Hall–Kier alpha value is -0.350. The molecule has 13 rings (SSSR count). The number of alkyl halides is 5. The molecule has 0 radical (unpaired) electrons. The highest BCUT2D eigenvalue weighted by molar-refractivity contribution is 5.14. The summed E-state index contributed by atoms with van der Waals surface area (Å²) in [6.45, 7) is 66.1. The molecule has 16 atom stereocenters. The molecule has 0 saturated heterocycles. The van der Waals surface area contributed by atoms with Gasteiger partial charge in [-0.25, -0.2) is 22.0 Å². The van der Waals surface area contributed by atoms with Gasteiger partial charge in [0.05, 0.1) is 0 Å². The molecule has 0 aromatic rings. The average molecular weight is 1190 g/mol. The van der Waals surface area contributed by atoms with Gasteiger partial charge in [-0.3, -0.25) is 0 Å². The molecule has 0 amide bonds. The lowest BCUT2D eigenvalue weighted by atomic mass is 9.78. The fourth-order valence-corrected chi connectivity index (χ4v) is 15.0. The van der Waals surface area contributed by atoms with Crippen molar-refractivity contribution in [2.24, 2.45) is 163 Å². The molecule has 0 aromatic carbocycles. The molecule has 2 spiro atoms. The van der Waals surface area contributed by atoms with Gasteiger partial charge in [-0.05, 0) is 254 Å². The van der Waals surface area contributed by atoms with Gasteiger partial charge in [-0.1, -0.05) is 214 Å². The maximum atomic E-state index is 12.7. The first-order valence-electron chi connectivity index (χ1n) is 36.5. The van der Waals surface area contributed by atoms with Crippen LogP contribution < -0.4 is 0 Å². The van der Waals surface area contributed by atoms with Crippen LogP contribution in [0.15, 0.2) is 0 Å². The summed E-state index contributed by atoms with van der Waals surface area (Å²) in [6.07, 6.45) is 20.6. The minimum absolute atomic E-state index is 0.0590. The summed E-state index contributed by atoms with van der Waals surface area (Å²) in [7, 11) is 0. The van der Waals surface area contributed by atoms with Crippen LogP contribution >= 0.6 is 0 Å². The first-order valence-corrected chi connectivity index (χ1v) is 36.5. The molecular formula is C79H149F5. The topological polar surface area (TPSA) is 0 Å². The van der Waals surface area contributed by atoms with Gasteiger partial charge < -0.3 is 0 Å². The van der Waals surface area contributed by atoms with Crippen molar-refractivity contribution >= 4 is 0 Å². The van der Waals surface area contributed by atoms with Crippen LogP contribution in [-0.2, 0) is 0 Å². The molecule has 0 aliphatic heterocycles. The highest BCUT2D eigenvalue weighted by Crippen LogP contribution is 2.73. The van der Waals surface area contributed by atoms with Gasteiger partial charge >= 0.3 is 0 Å². The SMILES string of the molecule is CC(C)(C)C1(C)CC1(F)F.CC(C)C1(F)CC1.CC(C)C1CC1(C)C.CC(C)C1CC12CC2.CC(C)C1CC12CCC2.CC(C)[C@@H]1C[C@@H]1F.CC(C)[C@@H]1C[C@H]1C.CC(C)[C@@H]1C[C@H]1F.CC(C)[C@H]1C[C@@H]1C.CC(C)[C@H]1C[C@@H]1C.CC(C)[C@H]1C[C@H]1C. The van der Waals surface area contributed by atoms with E-state index < -0.39 is 29.3 Å². The normalized spacial score (nSPS) is 37.2. The number of hydrogen-bond acceptors (Lipinski definition) is 0. The molecule has 0 heterocycles. The molecule has 500 valence electrons. The minimum atomic E-state index is -2.41. The van der Waals surface area contributed by atoms with E-state index >= 15 is 0 Å². The van der Waals surface area contributed by atoms with Gasteiger partial charge in [-0.2, -0.15) is 0 Å². The fourth-order valence-electron chi connectivity index (χ4n) is 15.0. The van der Waals surface area contributed by atoms with Crippen molar-refractivity contribution in [1.82, 2.24) is 0 Å². The van der Waals surface area contributed by atoms with Crippen molar-refractivity contribution in [2.75, 3.05) is 0 Å². The summed E-state index contributed by atoms with van der Waals surface area (Å²) < 4.78 is 62.0. The zero-order valence-electron chi connectivity index (χ0n) is 61.8. The monoisotopic (exact) mass is 1190 g/mol. The van der Waals surface area contributed by atoms with Gasteiger partial charge in [0.25, 0.3) is 5.92 Å². The first kappa shape index (κ1) is 77.9. The number of rotatable bonds is 10. The second-order valence-electron chi connectivity index (χ2n) is 37.2. The van der Waals surface area contributed by atoms with Crippen LogP contribution in [0.5, 0.6) is 0 Å². The van der Waals surface area contributed by atoms with Crippen LogP contribution in [0.4, 0.5) is 22.0 Å². The van der Waals surface area contributed by atoms with E-state index in [-0.39, 0.29) is 17.8 Å². The van der Waals surface area contributed by atoms with Crippen LogP contribution in [0.1, 0.15) is 317 Å². The number of halogens is 5. The van der Waals surface area contributed by atoms with E-state index in [0.29, 0.717) is 29.1 Å². The van der Waals surface area contributed by atoms with E-state index in [4.69, 9.17) is 0 Å². The first-order chi connectivity index (χ1) is 38.2. The van der Waals surface area contributed by atoms with E-state index in [0.717, 1.165) is 143 Å². The van der Waals surface area contributed by atoms with E-state index in [1.165, 1.54) is 38.5 Å². The Morgan fingerprint density at radius 2 is 0.595 bits per heavy atom. The Morgan fingerprint density at radius 1 is 0.357 bits per heavy atom. The number of hydrogen-bond donors (Lipinski definition) is 0. The third-order valence-electron chi connectivity index (χ3n) is 24.8. The largest absolute Gasteiger partial charge is 0.254 e. The highest BCUT2D eigenvalue weighted by atomic mass is 19.3. The maximum Gasteiger partial charge on any atom is 0.254 e. The summed E-state index contributed by atoms with van der Waals surface area (Å²) in [6, 6.07) is 0. The van der Waals surface area contributed by atoms with Gasteiger partial charge in [-0.15, -0.1) is 0 Å². The van der Waals surface area contributed by atoms with E-state index in [1.807, 2.05) is 34.6 Å². The van der Waals surface area contributed by atoms with Crippen molar-refractivity contribution in [2.45, 2.75) is 341 Å². The Morgan fingerprint density at radius 3 is 0.619 bits per heavy atom. The lowest BCUT2D eigenvalue weighted by molar-refractivity contribution is 0.0243. The molecule has 0 nitrogen and oxygen atoms in total. The standard InChI is InChI=1S/C9H16.C8H14F2.C8H14.C8H16.4C7H14.3C6H11F/c1-7(2)8-6-9(8)4-3-5-9;1-6(2,3)7(4)5-8(7,9)10;1-6(2)7-5-8(7)3-4-8;1-6(2)7-5-8(7,3)4;4*1-5(2)7-4-6(7)3;1-5(2)6(7)3-4-6;2*1-4(2)5-3-6(5)7/h7-8H,3-6H2,1-2H3;5H2,1-4H3;6-7H,3-5H2,1-2H3;6-7H,5H2,1-4H3;4*5-7H,4H2,1-3H3;5H,3-4H2,1-2H3;2*4-6H,3H2,1-2H3/t;;;;3*6-,7+;6-,7-;;5-,6+;5-,6-/m....1001.00/s1. The lowest BCUT2D eigenvalue weighted by Crippen LogP contribution is -2.24. The van der Waals surface area contributed by atoms with Crippen molar-refractivity contribution in [1.29, 1.82) is 0 Å². The summed E-state index contributed by atoms with van der Waals surface area (Å²) in [4.78, 5) is 0. The molecule has 84 heavy (non-hydrogen) atoms. The maximum absolute atomic E-state index is 12.7. The van der Waals surface area contributed by atoms with Crippen LogP contribution in [0.3, 0.4) is 0 Å². The molecule has 13 fully saturated rings. The third-order valence-corrected chi connectivity index (χ3v) is 24.8. The highest BCUT2D eigenvalue weighted by Gasteiger charge is 2.72. The lowest BCUT2D eigenvalue weighted by Gasteiger charge is -2.27. The molecule has 0 aromatic heterocycles. The van der Waals surface area contributed by atoms with Gasteiger partial charge in [0.1, 0.15) is 18.0 Å². The zero-order valence-corrected chi connectivity index (χ0v) is 61.8.